The number of urea groups is 2. The van der Waals surface area contributed by atoms with E-state index in [4.69, 9.17) is 35.4 Å². The normalized spacial score (nSPS) is 13.3. The third-order valence-electron chi connectivity index (χ3n) is 10.7. The lowest BCUT2D eigenvalue weighted by Crippen LogP contribution is -2.20. The molecule has 14 nitrogen and oxygen atoms in total. The van der Waals surface area contributed by atoms with Gasteiger partial charge in [-0.05, 0) is 109 Å². The van der Waals surface area contributed by atoms with E-state index >= 15 is 0 Å². The molecular formula is C48H42Cl2N10O4. The Bertz CT molecular complexity index is 3250. The molecule has 0 bridgehead atoms. The third-order valence-corrected chi connectivity index (χ3v) is 11.2. The molecule has 9 aromatic rings. The lowest BCUT2D eigenvalue weighted by molar-refractivity contribution is 0.261. The van der Waals surface area contributed by atoms with Crippen molar-refractivity contribution >= 4 is 96.7 Å². The van der Waals surface area contributed by atoms with Gasteiger partial charge in [0.05, 0.1) is 39.5 Å². The largest absolute Gasteiger partial charge is 0.495 e. The molecule has 1 aliphatic rings. The lowest BCUT2D eigenvalue weighted by Gasteiger charge is -2.20. The molecule has 0 spiro atoms. The fourth-order valence-electron chi connectivity index (χ4n) is 7.71. The average molecular weight is 896 g/mol. The topological polar surface area (TPSA) is 166 Å². The monoisotopic (exact) mass is 894 g/mol. The average Bonchev–Trinajstić information content (AvgIpc) is 4.15. The van der Waals surface area contributed by atoms with Crippen molar-refractivity contribution < 1.29 is 21.8 Å². The number of anilines is 5. The van der Waals surface area contributed by atoms with Crippen molar-refractivity contribution in [2.24, 2.45) is 0 Å². The van der Waals surface area contributed by atoms with E-state index in [9.17, 15) is 9.59 Å². The Morgan fingerprint density at radius 2 is 1.23 bits per heavy atom. The molecule has 5 aromatic heterocycles. The van der Waals surface area contributed by atoms with Crippen molar-refractivity contribution in [1.29, 1.82) is 0 Å². The SMILES string of the molecule is [2H]C(c1c[nH]c2ncccc12)N1CCc2c(NC(=O)Nc3cc(Cl)ccc3OC)cccc21.[2H]C(c1c[nH]c2ncccc12)n1ccc2c(NC(=O)Nc3cc(Cl)ccc3OC)cccc21. The number of nitrogens with zero attached hydrogens (tertiary/aromatic N) is 4. The zero-order chi connectivity index (χ0) is 45.9. The van der Waals surface area contributed by atoms with Gasteiger partial charge in [-0.1, -0.05) is 35.3 Å². The number of carbonyl (C=O) groups is 2. The van der Waals surface area contributed by atoms with Crippen LogP contribution in [0.3, 0.4) is 0 Å². The van der Waals surface area contributed by atoms with Crippen LogP contribution in [-0.2, 0) is 19.5 Å². The van der Waals surface area contributed by atoms with Crippen LogP contribution in [0.15, 0.2) is 134 Å². The summed E-state index contributed by atoms with van der Waals surface area (Å²) in [6, 6.07) is 30.1. The Hall–Kier alpha value is -7.68. The number of benzene rings is 4. The highest BCUT2D eigenvalue weighted by atomic mass is 35.5. The highest BCUT2D eigenvalue weighted by Crippen LogP contribution is 2.36. The first-order chi connectivity index (χ1) is 32.1. The van der Waals surface area contributed by atoms with Crippen molar-refractivity contribution in [3.8, 4) is 11.5 Å². The van der Waals surface area contributed by atoms with Gasteiger partial charge in [-0.25, -0.2) is 19.6 Å². The maximum Gasteiger partial charge on any atom is 0.323 e. The summed E-state index contributed by atoms with van der Waals surface area (Å²) in [5.74, 6) is 1.02. The van der Waals surface area contributed by atoms with Crippen molar-refractivity contribution in [3.05, 3.63) is 161 Å². The molecule has 322 valence electrons. The van der Waals surface area contributed by atoms with Crippen molar-refractivity contribution in [1.82, 2.24) is 24.5 Å². The van der Waals surface area contributed by atoms with Crippen LogP contribution < -0.4 is 35.6 Å². The van der Waals surface area contributed by atoms with Gasteiger partial charge in [-0.15, -0.1) is 0 Å². The molecule has 6 N–H and O–H groups in total. The lowest BCUT2D eigenvalue weighted by atomic mass is 10.1. The molecule has 2 atom stereocenters. The first kappa shape index (κ1) is 39.2. The van der Waals surface area contributed by atoms with Crippen LogP contribution in [0.5, 0.6) is 11.5 Å². The van der Waals surface area contributed by atoms with E-state index in [0.29, 0.717) is 50.8 Å². The van der Waals surface area contributed by atoms with Crippen LogP contribution in [0.1, 0.15) is 19.4 Å². The summed E-state index contributed by atoms with van der Waals surface area (Å²) < 4.78 is 30.2. The van der Waals surface area contributed by atoms with Crippen LogP contribution in [0.2, 0.25) is 10.0 Å². The van der Waals surface area contributed by atoms with Crippen molar-refractivity contribution in [2.75, 3.05) is 46.9 Å². The third kappa shape index (κ3) is 8.82. The molecule has 4 aromatic carbocycles. The predicted octanol–water partition coefficient (Wildman–Crippen LogP) is 11.3. The van der Waals surface area contributed by atoms with E-state index in [1.807, 2.05) is 94.8 Å². The van der Waals surface area contributed by atoms with Crippen LogP contribution >= 0.6 is 23.2 Å². The number of hydrogen-bond donors (Lipinski definition) is 6. The summed E-state index contributed by atoms with van der Waals surface area (Å²) >= 11 is 12.1. The standard InChI is InChI=1S/C24H22ClN5O2.C24H20ClN5O2/c2*1-32-22-8-7-16(25)12-20(22)29-24(31)28-19-5-2-6-21-18(19)9-11-30(21)14-15-13-27-23-17(15)4-3-10-26-23/h2-8,10,12-13H,9,11,14H2,1H3,(H,26,27)(H2,28,29,31);2-13H,14H2,1H3,(H,26,27)(H2,28,29,31)/i2*14D. The van der Waals surface area contributed by atoms with Gasteiger partial charge in [0, 0.05) is 93.7 Å². The van der Waals surface area contributed by atoms with Gasteiger partial charge in [0.25, 0.3) is 0 Å². The second-order valence-electron chi connectivity index (χ2n) is 14.6. The number of carbonyl (C=O) groups excluding carboxylic acids is 2. The van der Waals surface area contributed by atoms with Crippen molar-refractivity contribution in [2.45, 2.75) is 19.5 Å². The zero-order valence-corrected chi connectivity index (χ0v) is 36.0. The number of hydrogen-bond acceptors (Lipinski definition) is 7. The number of nitrogens with one attached hydrogen (secondary N) is 6. The smallest absolute Gasteiger partial charge is 0.323 e. The molecule has 0 saturated carbocycles. The fourth-order valence-corrected chi connectivity index (χ4v) is 8.06. The number of ether oxygens (including phenoxy) is 2. The van der Waals surface area contributed by atoms with Crippen LogP contribution in [0.25, 0.3) is 33.0 Å². The molecule has 0 aliphatic carbocycles. The highest BCUT2D eigenvalue weighted by molar-refractivity contribution is 6.31. The van der Waals surface area contributed by atoms with Crippen LogP contribution in [0.4, 0.5) is 38.0 Å². The number of halogens is 2. The van der Waals surface area contributed by atoms with Gasteiger partial charge in [0.15, 0.2) is 0 Å². The molecule has 0 radical (unpaired) electrons. The molecular weight excluding hydrogens is 851 g/mol. The van der Waals surface area contributed by atoms with E-state index in [1.54, 1.807) is 48.8 Å². The molecule has 2 unspecified atom stereocenters. The van der Waals surface area contributed by atoms with E-state index in [2.05, 4.69) is 41.2 Å². The Kier molecular flexibility index (Phi) is 11.2. The molecule has 4 amide bonds. The summed E-state index contributed by atoms with van der Waals surface area (Å²) in [5.41, 5.74) is 8.25. The summed E-state index contributed by atoms with van der Waals surface area (Å²) in [7, 11) is 3.06. The minimum Gasteiger partial charge on any atom is -0.495 e. The number of amides is 4. The Balaban J connectivity index is 0.000000166. The van der Waals surface area contributed by atoms with E-state index in [0.717, 1.165) is 61.8 Å². The Morgan fingerprint density at radius 3 is 1.86 bits per heavy atom. The predicted molar refractivity (Wildman–Crippen MR) is 256 cm³/mol. The van der Waals surface area contributed by atoms with E-state index in [1.165, 1.54) is 14.2 Å². The number of pyridine rings is 2. The summed E-state index contributed by atoms with van der Waals surface area (Å²) in [6.07, 6.45) is 9.68. The van der Waals surface area contributed by atoms with Gasteiger partial charge in [-0.2, -0.15) is 0 Å². The molecule has 6 heterocycles. The van der Waals surface area contributed by atoms with Crippen LogP contribution in [-0.4, -0.2) is 57.3 Å². The minimum atomic E-state index is -0.680. The number of aromatic nitrogens is 5. The quantitative estimate of drug-likeness (QED) is 0.0795. The highest BCUT2D eigenvalue weighted by Gasteiger charge is 2.24. The molecule has 1 aliphatic heterocycles. The van der Waals surface area contributed by atoms with Gasteiger partial charge in [0.2, 0.25) is 0 Å². The van der Waals surface area contributed by atoms with Gasteiger partial charge < -0.3 is 50.2 Å². The summed E-state index contributed by atoms with van der Waals surface area (Å²) in [5, 5.41) is 15.0. The molecule has 16 heteroatoms. The van der Waals surface area contributed by atoms with Gasteiger partial charge >= 0.3 is 12.1 Å². The molecule has 0 saturated heterocycles. The van der Waals surface area contributed by atoms with E-state index < -0.39 is 25.1 Å². The second kappa shape index (κ2) is 18.3. The minimum absolute atomic E-state index is 0.396. The Labute approximate surface area is 380 Å². The number of methoxy groups -OCH3 is 2. The first-order valence-electron chi connectivity index (χ1n) is 21.2. The van der Waals surface area contributed by atoms with Crippen LogP contribution in [0, 0.1) is 0 Å². The second-order valence-corrected chi connectivity index (χ2v) is 15.5. The summed E-state index contributed by atoms with van der Waals surface area (Å²) in [6.45, 7) is -0.594. The molecule has 0 fully saturated rings. The fraction of sp³-hybridized carbons (Fsp3) is 0.125. The van der Waals surface area contributed by atoms with Gasteiger partial charge in [0.1, 0.15) is 22.8 Å². The van der Waals surface area contributed by atoms with Gasteiger partial charge in [-0.3, -0.25) is 0 Å². The molecule has 64 heavy (non-hydrogen) atoms. The maximum absolute atomic E-state index is 12.7. The summed E-state index contributed by atoms with van der Waals surface area (Å²) in [4.78, 5) is 42.4. The number of rotatable bonds is 10. The number of H-pyrrole nitrogens is 2. The maximum atomic E-state index is 12.7. The number of aromatic amines is 2. The Morgan fingerprint density at radius 1 is 0.672 bits per heavy atom. The number of fused-ring (bicyclic) bond motifs is 4. The molecule has 10 rings (SSSR count). The zero-order valence-electron chi connectivity index (χ0n) is 36.4. The first-order valence-corrected chi connectivity index (χ1v) is 20.9. The van der Waals surface area contributed by atoms with Crippen molar-refractivity contribution in [3.63, 3.8) is 0 Å². The van der Waals surface area contributed by atoms with E-state index in [-0.39, 0.29) is 0 Å².